The highest BCUT2D eigenvalue weighted by molar-refractivity contribution is 8.00. The van der Waals surface area contributed by atoms with Crippen LogP contribution in [0.25, 0.3) is 0 Å². The van der Waals surface area contributed by atoms with Crippen molar-refractivity contribution in [2.24, 2.45) is 5.84 Å². The van der Waals surface area contributed by atoms with Gasteiger partial charge in [-0.15, -0.1) is 0 Å². The molecule has 1 aliphatic heterocycles. The van der Waals surface area contributed by atoms with Crippen molar-refractivity contribution in [1.82, 2.24) is 15.2 Å². The number of hydrogen-bond acceptors (Lipinski definition) is 5. The molecule has 2 atom stereocenters. The second kappa shape index (κ2) is 6.15. The minimum atomic E-state index is 0.0593. The molecule has 0 spiro atoms. The van der Waals surface area contributed by atoms with E-state index in [-0.39, 0.29) is 10.8 Å². The fourth-order valence-corrected chi connectivity index (χ4v) is 4.18. The van der Waals surface area contributed by atoms with Crippen LogP contribution < -0.4 is 16.0 Å². The predicted molar refractivity (Wildman–Crippen MR) is 79.2 cm³/mol. The van der Waals surface area contributed by atoms with E-state index < -0.39 is 0 Å². The first-order valence-corrected chi connectivity index (χ1v) is 7.84. The van der Waals surface area contributed by atoms with E-state index in [0.717, 1.165) is 30.8 Å². The molecular formula is C13H24N4OS. The molecule has 1 aliphatic rings. The molecule has 1 saturated heterocycles. The molecule has 1 fully saturated rings. The first-order valence-electron chi connectivity index (χ1n) is 6.86. The Labute approximate surface area is 119 Å². The van der Waals surface area contributed by atoms with Crippen LogP contribution in [-0.2, 0) is 6.54 Å². The third kappa shape index (κ3) is 2.75. The summed E-state index contributed by atoms with van der Waals surface area (Å²) in [6.07, 6.45) is 5.23. The smallest absolute Gasteiger partial charge is 0.161 e. The normalized spacial score (nSPS) is 24.6. The Balaban J connectivity index is 2.38. The Kier molecular flexibility index (Phi) is 4.76. The molecule has 0 saturated carbocycles. The van der Waals surface area contributed by atoms with Crippen molar-refractivity contribution < 1.29 is 4.74 Å². The van der Waals surface area contributed by atoms with Crippen LogP contribution in [0.5, 0.6) is 5.75 Å². The number of nitrogens with two attached hydrogens (primary N) is 1. The minimum Gasteiger partial charge on any atom is -0.493 e. The third-order valence-electron chi connectivity index (χ3n) is 3.80. The number of aryl methyl sites for hydroxylation is 1. The first-order chi connectivity index (χ1) is 9.16. The van der Waals surface area contributed by atoms with E-state index in [2.05, 4.69) is 24.4 Å². The maximum absolute atomic E-state index is 5.86. The Morgan fingerprint density at radius 2 is 2.47 bits per heavy atom. The summed E-state index contributed by atoms with van der Waals surface area (Å²) in [6, 6.07) is 0.0593. The van der Waals surface area contributed by atoms with Crippen molar-refractivity contribution >= 4 is 11.8 Å². The Bertz CT molecular complexity index is 415. The number of hydrazine groups is 1. The van der Waals surface area contributed by atoms with Gasteiger partial charge >= 0.3 is 0 Å². The van der Waals surface area contributed by atoms with Crippen LogP contribution in [-0.4, -0.2) is 27.4 Å². The van der Waals surface area contributed by atoms with Crippen molar-refractivity contribution in [3.63, 3.8) is 0 Å². The molecule has 2 heterocycles. The average molecular weight is 284 g/mol. The number of aromatic nitrogens is 2. The fourth-order valence-electron chi connectivity index (χ4n) is 2.79. The molecule has 0 aromatic carbocycles. The van der Waals surface area contributed by atoms with Gasteiger partial charge in [0.2, 0.25) is 0 Å². The Hall–Kier alpha value is -0.720. The number of rotatable bonds is 6. The molecule has 0 radical (unpaired) electrons. The molecule has 0 aliphatic carbocycles. The van der Waals surface area contributed by atoms with Gasteiger partial charge in [0.1, 0.15) is 5.69 Å². The van der Waals surface area contributed by atoms with Gasteiger partial charge in [-0.25, -0.2) is 5.43 Å². The van der Waals surface area contributed by atoms with Crippen LogP contribution in [0.2, 0.25) is 0 Å². The average Bonchev–Trinajstić information content (AvgIpc) is 2.99. The van der Waals surface area contributed by atoms with Gasteiger partial charge in [0.15, 0.2) is 5.75 Å². The summed E-state index contributed by atoms with van der Waals surface area (Å²) in [5, 5.41) is 4.43. The summed E-state index contributed by atoms with van der Waals surface area (Å²) < 4.78 is 7.60. The molecule has 2 unspecified atom stereocenters. The van der Waals surface area contributed by atoms with Gasteiger partial charge in [-0.1, -0.05) is 6.92 Å². The van der Waals surface area contributed by atoms with E-state index in [4.69, 9.17) is 10.6 Å². The van der Waals surface area contributed by atoms with Crippen molar-refractivity contribution in [2.45, 2.75) is 50.4 Å². The van der Waals surface area contributed by atoms with Gasteiger partial charge < -0.3 is 4.74 Å². The van der Waals surface area contributed by atoms with Gasteiger partial charge in [-0.2, -0.15) is 16.9 Å². The molecule has 0 amide bonds. The lowest BCUT2D eigenvalue weighted by molar-refractivity contribution is 0.357. The number of nitrogens with one attached hydrogen (secondary N) is 1. The van der Waals surface area contributed by atoms with Crippen LogP contribution in [0.3, 0.4) is 0 Å². The second-order valence-corrected chi connectivity index (χ2v) is 6.82. The van der Waals surface area contributed by atoms with E-state index >= 15 is 0 Å². The predicted octanol–water partition coefficient (Wildman–Crippen LogP) is 2.09. The van der Waals surface area contributed by atoms with Gasteiger partial charge in [-0.3, -0.25) is 10.5 Å². The lowest BCUT2D eigenvalue weighted by atomic mass is 9.93. The monoisotopic (exact) mass is 284 g/mol. The van der Waals surface area contributed by atoms with E-state index in [1.807, 2.05) is 16.4 Å². The highest BCUT2D eigenvalue weighted by Crippen LogP contribution is 2.47. The molecule has 2 rings (SSSR count). The van der Waals surface area contributed by atoms with Crippen molar-refractivity contribution in [1.29, 1.82) is 0 Å². The van der Waals surface area contributed by atoms with E-state index in [1.54, 1.807) is 13.3 Å². The van der Waals surface area contributed by atoms with Crippen LogP contribution in [0.15, 0.2) is 6.20 Å². The molecule has 1 aromatic rings. The molecule has 108 valence electrons. The summed E-state index contributed by atoms with van der Waals surface area (Å²) in [5.74, 6) is 7.88. The van der Waals surface area contributed by atoms with Gasteiger partial charge in [0.05, 0.1) is 19.3 Å². The van der Waals surface area contributed by atoms with E-state index in [1.165, 1.54) is 12.2 Å². The van der Waals surface area contributed by atoms with Gasteiger partial charge in [-0.05, 0) is 31.9 Å². The second-order valence-electron chi connectivity index (χ2n) is 5.19. The van der Waals surface area contributed by atoms with Crippen molar-refractivity contribution in [2.75, 3.05) is 12.9 Å². The maximum atomic E-state index is 5.86. The summed E-state index contributed by atoms with van der Waals surface area (Å²) in [6.45, 7) is 5.31. The number of nitrogens with zero attached hydrogens (tertiary/aromatic N) is 2. The summed E-state index contributed by atoms with van der Waals surface area (Å²) in [7, 11) is 1.69. The van der Waals surface area contributed by atoms with Crippen LogP contribution in [0.1, 0.15) is 44.8 Å². The number of ether oxygens (including phenoxy) is 1. The SMILES string of the molecule is CCCn1ncc(OC)c1C(NN)C1(C)CCCS1. The number of thioether (sulfide) groups is 1. The van der Waals surface area contributed by atoms with E-state index in [0.29, 0.717) is 0 Å². The first kappa shape index (κ1) is 14.7. The molecule has 1 aromatic heterocycles. The van der Waals surface area contributed by atoms with Crippen LogP contribution in [0.4, 0.5) is 0 Å². The molecule has 5 nitrogen and oxygen atoms in total. The Morgan fingerprint density at radius 1 is 1.68 bits per heavy atom. The maximum Gasteiger partial charge on any atom is 0.161 e. The summed E-state index contributed by atoms with van der Waals surface area (Å²) in [5.41, 5.74) is 4.07. The van der Waals surface area contributed by atoms with Gasteiger partial charge in [0.25, 0.3) is 0 Å². The zero-order valence-electron chi connectivity index (χ0n) is 12.0. The zero-order chi connectivity index (χ0) is 13.9. The lowest BCUT2D eigenvalue weighted by Crippen LogP contribution is -2.42. The van der Waals surface area contributed by atoms with Gasteiger partial charge in [0, 0.05) is 11.3 Å². The highest BCUT2D eigenvalue weighted by Gasteiger charge is 2.41. The fraction of sp³-hybridized carbons (Fsp3) is 0.769. The largest absolute Gasteiger partial charge is 0.493 e. The topological polar surface area (TPSA) is 65.1 Å². The lowest BCUT2D eigenvalue weighted by Gasteiger charge is -2.33. The van der Waals surface area contributed by atoms with Crippen LogP contribution in [0, 0.1) is 0 Å². The standard InChI is InChI=1S/C13H24N4OS/c1-4-7-17-11(10(18-3)9-15-17)12(16-14)13(2)6-5-8-19-13/h9,12,16H,4-8,14H2,1-3H3. The highest BCUT2D eigenvalue weighted by atomic mass is 32.2. The zero-order valence-corrected chi connectivity index (χ0v) is 12.8. The molecule has 3 N–H and O–H groups in total. The third-order valence-corrected chi connectivity index (χ3v) is 5.39. The van der Waals surface area contributed by atoms with E-state index in [9.17, 15) is 0 Å². The van der Waals surface area contributed by atoms with Crippen molar-refractivity contribution in [3.8, 4) is 5.75 Å². The number of methoxy groups -OCH3 is 1. The summed E-state index contributed by atoms with van der Waals surface area (Å²) >= 11 is 1.98. The minimum absolute atomic E-state index is 0.0593. The molecule has 6 heteroatoms. The van der Waals surface area contributed by atoms with Crippen LogP contribution >= 0.6 is 11.8 Å². The molecule has 19 heavy (non-hydrogen) atoms. The quantitative estimate of drug-likeness (QED) is 0.618. The number of hydrogen-bond donors (Lipinski definition) is 2. The molecular weight excluding hydrogens is 260 g/mol. The summed E-state index contributed by atoms with van der Waals surface area (Å²) in [4.78, 5) is 0. The molecule has 0 bridgehead atoms. The Morgan fingerprint density at radius 3 is 3.00 bits per heavy atom. The van der Waals surface area contributed by atoms with Crippen molar-refractivity contribution in [3.05, 3.63) is 11.9 Å².